The second kappa shape index (κ2) is 16.2. The van der Waals surface area contributed by atoms with Gasteiger partial charge in [0.05, 0.1) is 12.6 Å². The Labute approximate surface area is 183 Å². The summed E-state index contributed by atoms with van der Waals surface area (Å²) in [4.78, 5) is 36.5. The summed E-state index contributed by atoms with van der Waals surface area (Å²) < 4.78 is 31.6. The van der Waals surface area contributed by atoms with Crippen molar-refractivity contribution < 1.29 is 43.0 Å². The van der Waals surface area contributed by atoms with Gasteiger partial charge in [-0.05, 0) is 0 Å². The summed E-state index contributed by atoms with van der Waals surface area (Å²) >= 11 is 0. The normalized spacial score (nSPS) is 22.3. The Hall–Kier alpha value is -0.470. The summed E-state index contributed by atoms with van der Waals surface area (Å²) in [5, 5.41) is 19.1. The van der Waals surface area contributed by atoms with Crippen LogP contribution in [0, 0.1) is 0 Å². The standard InChI is InChI=1S/C15H35N5O9P2/c16-9-14(21)10-17-1-2-18(11-15(22)23)4-6-20(13-29-31(26)27)8-7-19(5-3-17)12-28-30(24)25/h14,21,30-31H,1-13,16H2,(H,22,23)(H,24,25)(H,26,27). The van der Waals surface area contributed by atoms with Crippen LogP contribution in [-0.4, -0.2) is 137 Å². The lowest BCUT2D eigenvalue weighted by molar-refractivity contribution is -0.138. The smallest absolute Gasteiger partial charge is 0.317 e. The van der Waals surface area contributed by atoms with Gasteiger partial charge in [-0.15, -0.1) is 0 Å². The van der Waals surface area contributed by atoms with Gasteiger partial charge in [0, 0.05) is 65.4 Å². The average molecular weight is 491 g/mol. The molecular weight excluding hydrogens is 456 g/mol. The first kappa shape index (κ1) is 28.6. The molecule has 0 radical (unpaired) electrons. The molecule has 31 heavy (non-hydrogen) atoms. The number of hydrogen-bond donors (Lipinski definition) is 5. The van der Waals surface area contributed by atoms with Gasteiger partial charge in [0.15, 0.2) is 0 Å². The number of β-amino-alcohol motifs (C(OH)–C–C–N with tert-alkyl or cyclic N) is 1. The highest BCUT2D eigenvalue weighted by Crippen LogP contribution is 2.16. The zero-order valence-corrected chi connectivity index (χ0v) is 19.5. The van der Waals surface area contributed by atoms with Gasteiger partial charge >= 0.3 is 22.5 Å². The Bertz CT molecular complexity index is 577. The molecule has 0 bridgehead atoms. The molecule has 0 aromatic heterocycles. The van der Waals surface area contributed by atoms with E-state index >= 15 is 0 Å². The number of nitrogens with zero attached hydrogens (tertiary/aromatic N) is 4. The molecule has 0 aromatic rings. The number of carboxylic acid groups (broad SMARTS) is 1. The molecule has 16 heteroatoms. The number of carboxylic acids is 1. The summed E-state index contributed by atoms with van der Waals surface area (Å²) in [6, 6.07) is 0. The summed E-state index contributed by atoms with van der Waals surface area (Å²) in [6.45, 7) is 3.52. The predicted molar refractivity (Wildman–Crippen MR) is 113 cm³/mol. The lowest BCUT2D eigenvalue weighted by Crippen LogP contribution is -2.49. The fourth-order valence-corrected chi connectivity index (χ4v) is 3.62. The van der Waals surface area contributed by atoms with E-state index in [0.717, 1.165) is 0 Å². The van der Waals surface area contributed by atoms with Gasteiger partial charge in [-0.1, -0.05) is 0 Å². The monoisotopic (exact) mass is 491 g/mol. The molecule has 0 aromatic carbocycles. The number of nitrogens with two attached hydrogens (primary N) is 1. The van der Waals surface area contributed by atoms with Crippen LogP contribution in [0.15, 0.2) is 0 Å². The number of aliphatic carboxylic acids is 1. The molecular formula is C15H35N5O9P2. The topological polar surface area (TPSA) is 190 Å². The van der Waals surface area contributed by atoms with E-state index in [1.165, 1.54) is 0 Å². The molecule has 3 atom stereocenters. The molecule has 184 valence electrons. The van der Waals surface area contributed by atoms with Gasteiger partial charge in [0.2, 0.25) is 0 Å². The number of aliphatic hydroxyl groups is 1. The van der Waals surface area contributed by atoms with E-state index in [4.69, 9.17) is 24.6 Å². The molecule has 1 aliphatic rings. The number of carbonyl (C=O) groups is 1. The van der Waals surface area contributed by atoms with Gasteiger partial charge in [0.25, 0.3) is 0 Å². The van der Waals surface area contributed by atoms with Crippen molar-refractivity contribution in [3.05, 3.63) is 0 Å². The minimum Gasteiger partial charge on any atom is -0.480 e. The highest BCUT2D eigenvalue weighted by molar-refractivity contribution is 7.32. The van der Waals surface area contributed by atoms with Crippen molar-refractivity contribution in [2.75, 3.05) is 85.5 Å². The van der Waals surface area contributed by atoms with Crippen LogP contribution in [-0.2, 0) is 23.0 Å². The van der Waals surface area contributed by atoms with Crippen LogP contribution >= 0.6 is 16.5 Å². The predicted octanol–water partition coefficient (Wildman–Crippen LogP) is -2.68. The Morgan fingerprint density at radius 3 is 1.58 bits per heavy atom. The first-order valence-electron chi connectivity index (χ1n) is 9.90. The molecule has 1 saturated heterocycles. The summed E-state index contributed by atoms with van der Waals surface area (Å²) in [6.07, 6.45) is -0.728. The third-order valence-electron chi connectivity index (χ3n) is 4.77. The molecule has 1 aliphatic heterocycles. The van der Waals surface area contributed by atoms with Crippen molar-refractivity contribution in [3.63, 3.8) is 0 Å². The maximum Gasteiger partial charge on any atom is 0.317 e. The Kier molecular flexibility index (Phi) is 14.9. The van der Waals surface area contributed by atoms with Crippen LogP contribution in [0.4, 0.5) is 0 Å². The first-order chi connectivity index (χ1) is 14.7. The zero-order chi connectivity index (χ0) is 23.2. The van der Waals surface area contributed by atoms with Gasteiger partial charge in [0.1, 0.15) is 13.5 Å². The second-order valence-corrected chi connectivity index (χ2v) is 8.82. The van der Waals surface area contributed by atoms with E-state index in [1.54, 1.807) is 9.80 Å². The van der Waals surface area contributed by atoms with E-state index in [9.17, 15) is 24.1 Å². The lowest BCUT2D eigenvalue weighted by atomic mass is 10.3. The minimum atomic E-state index is -3.12. The van der Waals surface area contributed by atoms with Crippen molar-refractivity contribution in [3.8, 4) is 0 Å². The summed E-state index contributed by atoms with van der Waals surface area (Å²) in [5.41, 5.74) is 5.52. The number of aliphatic hydroxyl groups excluding tert-OH is 1. The highest BCUT2D eigenvalue weighted by atomic mass is 31.1. The third kappa shape index (κ3) is 14.3. The molecule has 0 saturated carbocycles. The van der Waals surface area contributed by atoms with Gasteiger partial charge in [-0.25, -0.2) is 0 Å². The Morgan fingerprint density at radius 2 is 1.23 bits per heavy atom. The van der Waals surface area contributed by atoms with Crippen LogP contribution < -0.4 is 5.73 Å². The minimum absolute atomic E-state index is 0.0714. The molecule has 0 aliphatic carbocycles. The van der Waals surface area contributed by atoms with E-state index in [2.05, 4.69) is 0 Å². The zero-order valence-electron chi connectivity index (χ0n) is 17.5. The van der Waals surface area contributed by atoms with Crippen LogP contribution in [0.5, 0.6) is 0 Å². The van der Waals surface area contributed by atoms with Crippen LogP contribution in [0.3, 0.4) is 0 Å². The Balaban J connectivity index is 2.90. The molecule has 1 fully saturated rings. The number of hydrogen-bond acceptors (Lipinski definition) is 11. The summed E-state index contributed by atoms with van der Waals surface area (Å²) in [7, 11) is -6.22. The van der Waals surface area contributed by atoms with Crippen molar-refractivity contribution >= 4 is 22.5 Å². The van der Waals surface area contributed by atoms with E-state index < -0.39 is 28.6 Å². The number of rotatable bonds is 11. The van der Waals surface area contributed by atoms with Crippen molar-refractivity contribution in [2.45, 2.75) is 6.10 Å². The van der Waals surface area contributed by atoms with Gasteiger partial charge in [-0.3, -0.25) is 42.6 Å². The quantitative estimate of drug-likeness (QED) is 0.188. The molecule has 1 heterocycles. The SMILES string of the molecule is NCC(O)CN1CCN(CO[PH](=O)O)CCN(CO[PH](=O)O)CCN(CC(=O)O)CC1. The van der Waals surface area contributed by atoms with Gasteiger partial charge in [-0.2, -0.15) is 0 Å². The first-order valence-corrected chi connectivity index (χ1v) is 12.4. The van der Waals surface area contributed by atoms with Crippen LogP contribution in [0.1, 0.15) is 0 Å². The molecule has 1 rings (SSSR count). The molecule has 3 unspecified atom stereocenters. The van der Waals surface area contributed by atoms with Crippen molar-refractivity contribution in [1.29, 1.82) is 0 Å². The average Bonchev–Trinajstić information content (AvgIpc) is 2.69. The lowest BCUT2D eigenvalue weighted by Gasteiger charge is -2.34. The molecule has 0 spiro atoms. The molecule has 14 nitrogen and oxygen atoms in total. The van der Waals surface area contributed by atoms with Crippen molar-refractivity contribution in [2.24, 2.45) is 5.73 Å². The maximum absolute atomic E-state index is 11.2. The van der Waals surface area contributed by atoms with E-state index in [0.29, 0.717) is 58.9 Å². The van der Waals surface area contributed by atoms with Crippen LogP contribution in [0.25, 0.3) is 0 Å². The fraction of sp³-hybridized carbons (Fsp3) is 0.933. The third-order valence-corrected chi connectivity index (χ3v) is 5.52. The van der Waals surface area contributed by atoms with Gasteiger partial charge < -0.3 is 25.7 Å². The molecule has 6 N–H and O–H groups in total. The molecule has 0 amide bonds. The van der Waals surface area contributed by atoms with E-state index in [1.807, 2.05) is 9.80 Å². The largest absolute Gasteiger partial charge is 0.480 e. The van der Waals surface area contributed by atoms with Crippen LogP contribution in [0.2, 0.25) is 0 Å². The highest BCUT2D eigenvalue weighted by Gasteiger charge is 2.19. The summed E-state index contributed by atoms with van der Waals surface area (Å²) in [5.74, 6) is -0.966. The fourth-order valence-electron chi connectivity index (χ4n) is 3.03. The second-order valence-electron chi connectivity index (χ2n) is 7.17. The Morgan fingerprint density at radius 1 is 0.839 bits per heavy atom. The maximum atomic E-state index is 11.2. The van der Waals surface area contributed by atoms with E-state index in [-0.39, 0.29) is 26.6 Å². The van der Waals surface area contributed by atoms with Crippen molar-refractivity contribution in [1.82, 2.24) is 19.6 Å².